The fourth-order valence-corrected chi connectivity index (χ4v) is 4.11. The van der Waals surface area contributed by atoms with Gasteiger partial charge in [0.1, 0.15) is 12.2 Å². The number of fused-ring (bicyclic) bond motifs is 1. The van der Waals surface area contributed by atoms with Crippen LogP contribution in [0.5, 0.6) is 0 Å². The Morgan fingerprint density at radius 3 is 2.72 bits per heavy atom. The highest BCUT2D eigenvalue weighted by Gasteiger charge is 2.69. The minimum absolute atomic E-state index is 0.0154. The van der Waals surface area contributed by atoms with Gasteiger partial charge >= 0.3 is 17.9 Å². The topological polar surface area (TPSA) is 88.1 Å². The third-order valence-corrected chi connectivity index (χ3v) is 5.20. The zero-order valence-electron chi connectivity index (χ0n) is 14.3. The molecule has 7 nitrogen and oxygen atoms in total. The van der Waals surface area contributed by atoms with Crippen molar-refractivity contribution >= 4 is 17.9 Å². The van der Waals surface area contributed by atoms with Gasteiger partial charge < -0.3 is 18.9 Å². The van der Waals surface area contributed by atoms with E-state index in [1.807, 2.05) is 0 Å². The van der Waals surface area contributed by atoms with Crippen molar-refractivity contribution in [3.63, 3.8) is 0 Å². The van der Waals surface area contributed by atoms with Crippen LogP contribution in [0.15, 0.2) is 12.7 Å². The minimum Gasteiger partial charge on any atom is -0.455 e. The standard InChI is InChI=1S/C18H24O7/c1-3-5-6-7-8-10-13-15-17(25-18(13)21)16(14(10)24-15)23-12(20)9-22-11(19)4-2/h4,10,13-17H,2-3,5-9H2,1H3. The second kappa shape index (κ2) is 7.56. The van der Waals surface area contributed by atoms with Crippen molar-refractivity contribution in [1.29, 1.82) is 0 Å². The van der Waals surface area contributed by atoms with Crippen LogP contribution in [0.25, 0.3) is 0 Å². The van der Waals surface area contributed by atoms with E-state index in [9.17, 15) is 14.4 Å². The molecule has 3 rings (SSSR count). The summed E-state index contributed by atoms with van der Waals surface area (Å²) in [5.41, 5.74) is 0. The van der Waals surface area contributed by atoms with Crippen LogP contribution in [-0.4, -0.2) is 48.9 Å². The van der Waals surface area contributed by atoms with Crippen molar-refractivity contribution in [2.24, 2.45) is 11.8 Å². The smallest absolute Gasteiger partial charge is 0.344 e. The number of rotatable bonds is 9. The van der Waals surface area contributed by atoms with Crippen LogP contribution in [0.2, 0.25) is 0 Å². The molecule has 3 aliphatic rings. The predicted octanol–water partition coefficient (Wildman–Crippen LogP) is 1.54. The molecule has 0 aromatic heterocycles. The third kappa shape index (κ3) is 3.42. The van der Waals surface area contributed by atoms with Crippen LogP contribution in [0.3, 0.4) is 0 Å². The average molecular weight is 352 g/mol. The van der Waals surface area contributed by atoms with E-state index < -0.39 is 30.8 Å². The highest BCUT2D eigenvalue weighted by molar-refractivity contribution is 5.84. The highest BCUT2D eigenvalue weighted by Crippen LogP contribution is 2.52. The van der Waals surface area contributed by atoms with E-state index in [0.717, 1.165) is 38.2 Å². The molecule has 0 radical (unpaired) electrons. The average Bonchev–Trinajstić information content (AvgIpc) is 3.20. The molecule has 2 bridgehead atoms. The van der Waals surface area contributed by atoms with Gasteiger partial charge in [0, 0.05) is 12.0 Å². The van der Waals surface area contributed by atoms with Crippen LogP contribution >= 0.6 is 0 Å². The minimum atomic E-state index is -0.692. The molecule has 0 amide bonds. The van der Waals surface area contributed by atoms with Crippen LogP contribution in [0, 0.1) is 11.8 Å². The number of ether oxygens (including phenoxy) is 4. The first kappa shape index (κ1) is 17.9. The quantitative estimate of drug-likeness (QED) is 0.269. The van der Waals surface area contributed by atoms with E-state index in [1.54, 1.807) is 0 Å². The predicted molar refractivity (Wildman–Crippen MR) is 85.3 cm³/mol. The van der Waals surface area contributed by atoms with Gasteiger partial charge in [0.15, 0.2) is 18.8 Å². The lowest BCUT2D eigenvalue weighted by molar-refractivity contribution is -0.167. The van der Waals surface area contributed by atoms with Gasteiger partial charge in [-0.25, -0.2) is 9.59 Å². The molecular formula is C18H24O7. The van der Waals surface area contributed by atoms with Crippen LogP contribution in [0.1, 0.15) is 39.0 Å². The van der Waals surface area contributed by atoms with Gasteiger partial charge in [-0.05, 0) is 6.42 Å². The van der Waals surface area contributed by atoms with Gasteiger partial charge in [-0.2, -0.15) is 0 Å². The van der Waals surface area contributed by atoms with Crippen molar-refractivity contribution in [1.82, 2.24) is 0 Å². The Kier molecular flexibility index (Phi) is 5.42. The van der Waals surface area contributed by atoms with Gasteiger partial charge in [-0.15, -0.1) is 0 Å². The summed E-state index contributed by atoms with van der Waals surface area (Å²) in [5, 5.41) is 0. The Balaban J connectivity index is 1.59. The van der Waals surface area contributed by atoms with E-state index in [2.05, 4.69) is 18.2 Å². The maximum atomic E-state index is 12.2. The van der Waals surface area contributed by atoms with Gasteiger partial charge in [0.25, 0.3) is 0 Å². The first-order valence-corrected chi connectivity index (χ1v) is 8.91. The maximum Gasteiger partial charge on any atom is 0.344 e. The van der Waals surface area contributed by atoms with E-state index in [1.165, 1.54) is 0 Å². The van der Waals surface area contributed by atoms with Crippen LogP contribution < -0.4 is 0 Å². The lowest BCUT2D eigenvalue weighted by Crippen LogP contribution is -2.45. The van der Waals surface area contributed by atoms with E-state index in [0.29, 0.717) is 0 Å². The van der Waals surface area contributed by atoms with Crippen LogP contribution in [-0.2, 0) is 33.3 Å². The molecule has 0 aliphatic carbocycles. The molecule has 0 aromatic carbocycles. The van der Waals surface area contributed by atoms with Crippen molar-refractivity contribution in [2.45, 2.75) is 63.4 Å². The number of hydrogen-bond acceptors (Lipinski definition) is 7. The molecule has 138 valence electrons. The Bertz CT molecular complexity index is 558. The van der Waals surface area contributed by atoms with Gasteiger partial charge in [0.2, 0.25) is 0 Å². The number of esters is 3. The van der Waals surface area contributed by atoms with Crippen LogP contribution in [0.4, 0.5) is 0 Å². The largest absolute Gasteiger partial charge is 0.455 e. The number of hydrogen-bond donors (Lipinski definition) is 0. The molecule has 0 spiro atoms. The molecule has 3 aliphatic heterocycles. The van der Waals surface area contributed by atoms with E-state index >= 15 is 0 Å². The first-order valence-electron chi connectivity index (χ1n) is 8.91. The van der Waals surface area contributed by atoms with Crippen molar-refractivity contribution < 1.29 is 33.3 Å². The molecule has 6 atom stereocenters. The lowest BCUT2D eigenvalue weighted by Gasteiger charge is -2.28. The van der Waals surface area contributed by atoms with Crippen molar-refractivity contribution in [3.8, 4) is 0 Å². The summed E-state index contributed by atoms with van der Waals surface area (Å²) in [6.45, 7) is 4.91. The second-order valence-electron chi connectivity index (χ2n) is 6.77. The molecule has 0 N–H and O–H groups in total. The summed E-state index contributed by atoms with van der Waals surface area (Å²) < 4.78 is 21.4. The SMILES string of the molecule is C=CC(=O)OCC(=O)OC1C2OC3C1OC(=O)C3C2CCCCCC. The number of unbranched alkanes of at least 4 members (excludes halogenated alkanes) is 3. The number of carbonyl (C=O) groups excluding carboxylic acids is 3. The van der Waals surface area contributed by atoms with Crippen molar-refractivity contribution in [2.75, 3.05) is 6.61 Å². The number of carbonyl (C=O) groups is 3. The monoisotopic (exact) mass is 352 g/mol. The zero-order chi connectivity index (χ0) is 18.0. The molecule has 7 heteroatoms. The molecule has 3 fully saturated rings. The van der Waals surface area contributed by atoms with E-state index in [-0.39, 0.29) is 30.0 Å². The summed E-state index contributed by atoms with van der Waals surface area (Å²) in [5.74, 6) is -1.86. The van der Waals surface area contributed by atoms with Gasteiger partial charge in [0.05, 0.1) is 5.92 Å². The third-order valence-electron chi connectivity index (χ3n) is 5.20. The maximum absolute atomic E-state index is 12.2. The Morgan fingerprint density at radius 1 is 1.20 bits per heavy atom. The van der Waals surface area contributed by atoms with Gasteiger partial charge in [-0.1, -0.05) is 39.2 Å². The fraction of sp³-hybridized carbons (Fsp3) is 0.722. The lowest BCUT2D eigenvalue weighted by atomic mass is 9.76. The summed E-state index contributed by atoms with van der Waals surface area (Å²) >= 11 is 0. The second-order valence-corrected chi connectivity index (χ2v) is 6.77. The summed E-state index contributed by atoms with van der Waals surface area (Å²) in [7, 11) is 0. The Labute approximate surface area is 146 Å². The van der Waals surface area contributed by atoms with Gasteiger partial charge in [-0.3, -0.25) is 4.79 Å². The van der Waals surface area contributed by atoms with Crippen molar-refractivity contribution in [3.05, 3.63) is 12.7 Å². The summed E-state index contributed by atoms with van der Waals surface area (Å²) in [4.78, 5) is 35.1. The fourth-order valence-electron chi connectivity index (χ4n) is 4.11. The molecule has 3 saturated heterocycles. The Hall–Kier alpha value is -1.89. The molecule has 6 unspecified atom stereocenters. The molecule has 25 heavy (non-hydrogen) atoms. The van der Waals surface area contributed by atoms with E-state index in [4.69, 9.17) is 14.2 Å². The Morgan fingerprint density at radius 2 is 2.00 bits per heavy atom. The summed E-state index contributed by atoms with van der Waals surface area (Å²) in [6, 6.07) is 0. The molecular weight excluding hydrogens is 328 g/mol. The molecule has 0 aromatic rings. The summed E-state index contributed by atoms with van der Waals surface area (Å²) in [6.07, 6.45) is 4.42. The molecule has 3 heterocycles. The molecule has 0 saturated carbocycles. The highest BCUT2D eigenvalue weighted by atomic mass is 16.7. The first-order chi connectivity index (χ1) is 12.1. The normalized spacial score (nSPS) is 34.7. The zero-order valence-corrected chi connectivity index (χ0v) is 14.3.